The van der Waals surface area contributed by atoms with E-state index in [4.69, 9.17) is 0 Å². The predicted molar refractivity (Wildman–Crippen MR) is 92.5 cm³/mol. The van der Waals surface area contributed by atoms with Crippen LogP contribution in [0.3, 0.4) is 0 Å². The van der Waals surface area contributed by atoms with Crippen molar-refractivity contribution in [1.82, 2.24) is 10.2 Å². The van der Waals surface area contributed by atoms with Gasteiger partial charge in [0.1, 0.15) is 0 Å². The normalized spacial score (nSPS) is 30.6. The number of anilines is 1. The molecular weight excluding hydrogens is 286 g/mol. The zero-order valence-electron chi connectivity index (χ0n) is 13.8. The summed E-state index contributed by atoms with van der Waals surface area (Å²) in [7, 11) is 0. The Morgan fingerprint density at radius 1 is 1.04 bits per heavy atom. The van der Waals surface area contributed by atoms with E-state index in [9.17, 15) is 4.79 Å². The van der Waals surface area contributed by atoms with Gasteiger partial charge in [0.15, 0.2) is 0 Å². The van der Waals surface area contributed by atoms with Crippen molar-refractivity contribution < 1.29 is 4.79 Å². The van der Waals surface area contributed by atoms with Gasteiger partial charge < -0.3 is 10.2 Å². The Kier molecular flexibility index (Phi) is 4.25. The molecule has 4 rings (SSSR count). The molecule has 1 aromatic carbocycles. The molecule has 1 saturated heterocycles. The fourth-order valence-electron chi connectivity index (χ4n) is 4.68. The Bertz CT molecular complexity index is 539. The monoisotopic (exact) mass is 313 g/mol. The lowest BCUT2D eigenvalue weighted by molar-refractivity contribution is -0.123. The van der Waals surface area contributed by atoms with E-state index in [1.165, 1.54) is 31.4 Å². The van der Waals surface area contributed by atoms with Crippen LogP contribution in [0.25, 0.3) is 0 Å². The molecule has 4 nitrogen and oxygen atoms in total. The molecular formula is C19H27N3O. The highest BCUT2D eigenvalue weighted by Gasteiger charge is 2.40. The third-order valence-electron chi connectivity index (χ3n) is 5.95. The lowest BCUT2D eigenvalue weighted by atomic mass is 9.95. The highest BCUT2D eigenvalue weighted by Crippen LogP contribution is 2.44. The van der Waals surface area contributed by atoms with Crippen LogP contribution in [0.5, 0.6) is 0 Å². The molecule has 2 saturated carbocycles. The van der Waals surface area contributed by atoms with Crippen LogP contribution in [0.15, 0.2) is 30.3 Å². The lowest BCUT2D eigenvalue weighted by Gasteiger charge is -2.36. The fourth-order valence-corrected chi connectivity index (χ4v) is 4.68. The van der Waals surface area contributed by atoms with E-state index >= 15 is 0 Å². The van der Waals surface area contributed by atoms with Crippen LogP contribution >= 0.6 is 0 Å². The van der Waals surface area contributed by atoms with Crippen LogP contribution in [0.2, 0.25) is 0 Å². The van der Waals surface area contributed by atoms with Crippen LogP contribution in [0.1, 0.15) is 25.7 Å². The maximum atomic E-state index is 12.3. The maximum Gasteiger partial charge on any atom is 0.234 e. The van der Waals surface area contributed by atoms with Gasteiger partial charge in [0, 0.05) is 37.9 Å². The topological polar surface area (TPSA) is 35.6 Å². The number of nitrogens with one attached hydrogen (secondary N) is 1. The fraction of sp³-hybridized carbons (Fsp3) is 0.632. The number of rotatable bonds is 4. The van der Waals surface area contributed by atoms with Crippen molar-refractivity contribution in [3.63, 3.8) is 0 Å². The zero-order chi connectivity index (χ0) is 15.6. The van der Waals surface area contributed by atoms with Crippen molar-refractivity contribution in [2.75, 3.05) is 37.6 Å². The van der Waals surface area contributed by atoms with Crippen molar-refractivity contribution in [3.05, 3.63) is 30.3 Å². The van der Waals surface area contributed by atoms with Crippen molar-refractivity contribution in [1.29, 1.82) is 0 Å². The molecule has 1 aliphatic heterocycles. The van der Waals surface area contributed by atoms with Gasteiger partial charge in [0.2, 0.25) is 5.91 Å². The van der Waals surface area contributed by atoms with Gasteiger partial charge >= 0.3 is 0 Å². The summed E-state index contributed by atoms with van der Waals surface area (Å²) in [6.45, 7) is 4.52. The molecule has 2 bridgehead atoms. The van der Waals surface area contributed by atoms with Gasteiger partial charge in [-0.2, -0.15) is 0 Å². The first-order chi connectivity index (χ1) is 11.3. The summed E-state index contributed by atoms with van der Waals surface area (Å²) < 4.78 is 0. The molecule has 124 valence electrons. The molecule has 0 aromatic heterocycles. The number of carbonyl (C=O) groups excluding carboxylic acids is 1. The number of piperazine rings is 1. The van der Waals surface area contributed by atoms with E-state index in [-0.39, 0.29) is 5.91 Å². The third-order valence-corrected chi connectivity index (χ3v) is 5.95. The highest BCUT2D eigenvalue weighted by atomic mass is 16.2. The number of amides is 1. The summed E-state index contributed by atoms with van der Waals surface area (Å²) in [5, 5.41) is 3.31. The molecule has 1 amide bonds. The largest absolute Gasteiger partial charge is 0.369 e. The summed E-state index contributed by atoms with van der Waals surface area (Å²) in [5.74, 6) is 1.88. The van der Waals surface area contributed by atoms with E-state index < -0.39 is 0 Å². The molecule has 0 radical (unpaired) electrons. The molecule has 0 unspecified atom stereocenters. The van der Waals surface area contributed by atoms with E-state index in [0.29, 0.717) is 12.6 Å². The first-order valence-corrected chi connectivity index (χ1v) is 9.09. The Morgan fingerprint density at radius 3 is 2.48 bits per heavy atom. The van der Waals surface area contributed by atoms with Crippen LogP contribution in [-0.4, -0.2) is 49.6 Å². The summed E-state index contributed by atoms with van der Waals surface area (Å²) in [4.78, 5) is 17.0. The number of benzene rings is 1. The van der Waals surface area contributed by atoms with Crippen molar-refractivity contribution in [2.45, 2.75) is 31.7 Å². The first-order valence-electron chi connectivity index (χ1n) is 9.09. The maximum absolute atomic E-state index is 12.3. The molecule has 23 heavy (non-hydrogen) atoms. The van der Waals surface area contributed by atoms with Crippen molar-refractivity contribution in [3.8, 4) is 0 Å². The van der Waals surface area contributed by atoms with Crippen molar-refractivity contribution >= 4 is 11.6 Å². The van der Waals surface area contributed by atoms with Crippen LogP contribution in [0.4, 0.5) is 5.69 Å². The number of para-hydroxylation sites is 1. The van der Waals surface area contributed by atoms with E-state index in [0.717, 1.165) is 38.0 Å². The minimum absolute atomic E-state index is 0.232. The predicted octanol–water partition coefficient (Wildman–Crippen LogP) is 2.11. The molecule has 4 heteroatoms. The second-order valence-electron chi connectivity index (χ2n) is 7.45. The summed E-state index contributed by atoms with van der Waals surface area (Å²) in [6, 6.07) is 11.0. The molecule has 1 aromatic rings. The van der Waals surface area contributed by atoms with Gasteiger partial charge in [-0.15, -0.1) is 0 Å². The van der Waals surface area contributed by atoms with Crippen molar-refractivity contribution in [2.24, 2.45) is 11.8 Å². The van der Waals surface area contributed by atoms with E-state index in [1.54, 1.807) is 0 Å². The summed E-state index contributed by atoms with van der Waals surface area (Å²) >= 11 is 0. The SMILES string of the molecule is O=C(CN1CCN(c2ccccc2)CC1)N[C@@H]1C[C@H]2CC[C@@H]1C2. The number of nitrogens with zero attached hydrogens (tertiary/aromatic N) is 2. The molecule has 3 atom stereocenters. The minimum atomic E-state index is 0.232. The van der Waals surface area contributed by atoms with Gasteiger partial charge in [-0.1, -0.05) is 24.6 Å². The van der Waals surface area contributed by atoms with Gasteiger partial charge in [0.05, 0.1) is 6.54 Å². The van der Waals surface area contributed by atoms with E-state index in [2.05, 4.69) is 45.4 Å². The Hall–Kier alpha value is -1.55. The number of hydrogen-bond acceptors (Lipinski definition) is 3. The third kappa shape index (κ3) is 3.37. The first kappa shape index (κ1) is 15.0. The van der Waals surface area contributed by atoms with Gasteiger partial charge in [-0.05, 0) is 43.2 Å². The molecule has 1 heterocycles. The molecule has 3 aliphatic rings. The van der Waals surface area contributed by atoms with Crippen LogP contribution < -0.4 is 10.2 Å². The van der Waals surface area contributed by atoms with E-state index in [1.807, 2.05) is 0 Å². The number of fused-ring (bicyclic) bond motifs is 2. The molecule has 0 spiro atoms. The zero-order valence-corrected chi connectivity index (χ0v) is 13.8. The lowest BCUT2D eigenvalue weighted by Crippen LogP contribution is -2.51. The summed E-state index contributed by atoms with van der Waals surface area (Å²) in [6.07, 6.45) is 5.28. The highest BCUT2D eigenvalue weighted by molar-refractivity contribution is 5.78. The van der Waals surface area contributed by atoms with Crippen LogP contribution in [0, 0.1) is 11.8 Å². The average molecular weight is 313 g/mol. The standard InChI is InChI=1S/C19H27N3O/c23-19(20-18-13-15-6-7-16(18)12-15)14-21-8-10-22(11-9-21)17-4-2-1-3-5-17/h1-5,15-16,18H,6-14H2,(H,20,23)/t15-,16+,18+/m0/s1. The Morgan fingerprint density at radius 2 is 1.83 bits per heavy atom. The van der Waals surface area contributed by atoms with Gasteiger partial charge in [0.25, 0.3) is 0 Å². The smallest absolute Gasteiger partial charge is 0.234 e. The second kappa shape index (κ2) is 6.52. The quantitative estimate of drug-likeness (QED) is 0.925. The molecule has 1 N–H and O–H groups in total. The van der Waals surface area contributed by atoms with Gasteiger partial charge in [-0.25, -0.2) is 0 Å². The molecule has 2 aliphatic carbocycles. The average Bonchev–Trinajstić information content (AvgIpc) is 3.19. The summed E-state index contributed by atoms with van der Waals surface area (Å²) in [5.41, 5.74) is 1.29. The number of hydrogen-bond donors (Lipinski definition) is 1. The van der Waals surface area contributed by atoms with Crippen LogP contribution in [-0.2, 0) is 4.79 Å². The molecule has 3 fully saturated rings. The Labute approximate surface area is 138 Å². The number of carbonyl (C=O) groups is 1. The Balaban J connectivity index is 1.22. The van der Waals surface area contributed by atoms with Gasteiger partial charge in [-0.3, -0.25) is 9.69 Å². The minimum Gasteiger partial charge on any atom is -0.369 e. The second-order valence-corrected chi connectivity index (χ2v) is 7.45.